The fourth-order valence-corrected chi connectivity index (χ4v) is 1.77. The van der Waals surface area contributed by atoms with Gasteiger partial charge in [0.1, 0.15) is 11.4 Å². The second-order valence-corrected chi connectivity index (χ2v) is 4.51. The summed E-state index contributed by atoms with van der Waals surface area (Å²) in [6, 6.07) is 8.91. The van der Waals surface area contributed by atoms with E-state index in [0.29, 0.717) is 17.8 Å². The van der Waals surface area contributed by atoms with Gasteiger partial charge in [-0.15, -0.1) is 0 Å². The Labute approximate surface area is 127 Å². The first-order valence-electron chi connectivity index (χ1n) is 6.75. The molecule has 0 fully saturated rings. The third kappa shape index (κ3) is 3.70. The lowest BCUT2D eigenvalue weighted by Crippen LogP contribution is -2.11. The number of nitrogens with zero attached hydrogens (tertiary/aromatic N) is 3. The molecule has 1 aromatic heterocycles. The van der Waals surface area contributed by atoms with Gasteiger partial charge >= 0.3 is 5.97 Å². The number of carboxylic acids is 1. The van der Waals surface area contributed by atoms with Gasteiger partial charge in [0.25, 0.3) is 0 Å². The summed E-state index contributed by atoms with van der Waals surface area (Å²) in [7, 11) is 0. The standard InChI is InChI=1S/C15H15N5O2/c1-2-6-17-13-12(14(21)22)9-18-15(20-13)19-11-5-3-4-10(7-11)8-16/h3-5,7,9H,2,6H2,1H3,(H,21,22)(H2,17,18,19,20). The predicted octanol–water partition coefficient (Wildman–Crippen LogP) is 2.61. The smallest absolute Gasteiger partial charge is 0.341 e. The molecule has 7 heteroatoms. The average molecular weight is 297 g/mol. The van der Waals surface area contributed by atoms with Crippen molar-refractivity contribution in [1.82, 2.24) is 9.97 Å². The monoisotopic (exact) mass is 297 g/mol. The number of benzene rings is 1. The van der Waals surface area contributed by atoms with Crippen molar-refractivity contribution in [3.63, 3.8) is 0 Å². The Balaban J connectivity index is 2.27. The van der Waals surface area contributed by atoms with Gasteiger partial charge in [-0.2, -0.15) is 10.2 Å². The lowest BCUT2D eigenvalue weighted by Gasteiger charge is -2.10. The molecule has 0 bridgehead atoms. The number of nitriles is 1. The number of anilines is 3. The van der Waals surface area contributed by atoms with E-state index in [4.69, 9.17) is 10.4 Å². The Hall–Kier alpha value is -3.14. The number of carbonyl (C=O) groups is 1. The highest BCUT2D eigenvalue weighted by Gasteiger charge is 2.13. The molecule has 0 saturated heterocycles. The third-order valence-electron chi connectivity index (χ3n) is 2.81. The van der Waals surface area contributed by atoms with Crippen LogP contribution in [0.25, 0.3) is 0 Å². The average Bonchev–Trinajstić information content (AvgIpc) is 2.53. The van der Waals surface area contributed by atoms with Crippen molar-refractivity contribution in [3.05, 3.63) is 41.6 Å². The van der Waals surface area contributed by atoms with Gasteiger partial charge in [-0.05, 0) is 24.6 Å². The van der Waals surface area contributed by atoms with E-state index < -0.39 is 5.97 Å². The molecular weight excluding hydrogens is 282 g/mol. The van der Waals surface area contributed by atoms with Gasteiger partial charge in [-0.1, -0.05) is 13.0 Å². The van der Waals surface area contributed by atoms with Crippen LogP contribution in [0.4, 0.5) is 17.5 Å². The zero-order valence-electron chi connectivity index (χ0n) is 12.0. The molecule has 0 saturated carbocycles. The fourth-order valence-electron chi connectivity index (χ4n) is 1.77. The fraction of sp³-hybridized carbons (Fsp3) is 0.200. The van der Waals surface area contributed by atoms with Crippen LogP contribution >= 0.6 is 0 Å². The van der Waals surface area contributed by atoms with E-state index in [-0.39, 0.29) is 17.3 Å². The summed E-state index contributed by atoms with van der Waals surface area (Å²) >= 11 is 0. The third-order valence-corrected chi connectivity index (χ3v) is 2.81. The number of aromatic carboxylic acids is 1. The maximum absolute atomic E-state index is 11.2. The Kier molecular flexibility index (Phi) is 4.88. The molecule has 0 aliphatic carbocycles. The summed E-state index contributed by atoms with van der Waals surface area (Å²) in [5, 5.41) is 23.9. The first-order chi connectivity index (χ1) is 10.6. The van der Waals surface area contributed by atoms with E-state index in [2.05, 4.69) is 20.6 Å². The van der Waals surface area contributed by atoms with Gasteiger partial charge in [-0.3, -0.25) is 0 Å². The SMILES string of the molecule is CCCNc1nc(Nc2cccc(C#N)c2)ncc1C(=O)O. The van der Waals surface area contributed by atoms with Crippen molar-refractivity contribution in [2.45, 2.75) is 13.3 Å². The number of hydrogen-bond donors (Lipinski definition) is 3. The van der Waals surface area contributed by atoms with Gasteiger partial charge in [-0.25, -0.2) is 9.78 Å². The number of aromatic nitrogens is 2. The molecule has 1 heterocycles. The molecule has 2 aromatic rings. The first-order valence-corrected chi connectivity index (χ1v) is 6.75. The van der Waals surface area contributed by atoms with Gasteiger partial charge in [0.15, 0.2) is 0 Å². The quantitative estimate of drug-likeness (QED) is 0.751. The largest absolute Gasteiger partial charge is 0.477 e. The van der Waals surface area contributed by atoms with Gasteiger partial charge in [0.05, 0.1) is 11.6 Å². The molecule has 0 unspecified atom stereocenters. The highest BCUT2D eigenvalue weighted by atomic mass is 16.4. The maximum atomic E-state index is 11.2. The van der Waals surface area contributed by atoms with Gasteiger partial charge in [0.2, 0.25) is 5.95 Å². The van der Waals surface area contributed by atoms with E-state index >= 15 is 0 Å². The summed E-state index contributed by atoms with van der Waals surface area (Å²) in [6.45, 7) is 2.59. The summed E-state index contributed by atoms with van der Waals surface area (Å²) in [5.41, 5.74) is 1.19. The van der Waals surface area contributed by atoms with Crippen LogP contribution in [-0.4, -0.2) is 27.6 Å². The summed E-state index contributed by atoms with van der Waals surface area (Å²) in [5.74, 6) is -0.557. The number of carboxylic acid groups (broad SMARTS) is 1. The molecule has 0 aliphatic heterocycles. The second-order valence-electron chi connectivity index (χ2n) is 4.51. The van der Waals surface area contributed by atoms with Crippen molar-refractivity contribution < 1.29 is 9.90 Å². The van der Waals surface area contributed by atoms with Crippen LogP contribution < -0.4 is 10.6 Å². The van der Waals surface area contributed by atoms with Crippen LogP contribution in [0.3, 0.4) is 0 Å². The van der Waals surface area contributed by atoms with E-state index in [1.54, 1.807) is 24.3 Å². The topological polar surface area (TPSA) is 111 Å². The molecule has 112 valence electrons. The lowest BCUT2D eigenvalue weighted by atomic mass is 10.2. The minimum absolute atomic E-state index is 0.0183. The van der Waals surface area contributed by atoms with Gasteiger partial charge in [0, 0.05) is 18.4 Å². The van der Waals surface area contributed by atoms with Crippen molar-refractivity contribution >= 4 is 23.4 Å². The molecule has 7 nitrogen and oxygen atoms in total. The molecule has 22 heavy (non-hydrogen) atoms. The molecule has 0 aliphatic rings. The number of nitrogens with one attached hydrogen (secondary N) is 2. The molecule has 2 rings (SSSR count). The Morgan fingerprint density at radius 3 is 2.95 bits per heavy atom. The maximum Gasteiger partial charge on any atom is 0.341 e. The minimum atomic E-state index is -1.09. The summed E-state index contributed by atoms with van der Waals surface area (Å²) in [6.07, 6.45) is 2.10. The molecule has 1 aromatic carbocycles. The molecule has 3 N–H and O–H groups in total. The second kappa shape index (κ2) is 7.04. The normalized spacial score (nSPS) is 9.82. The summed E-state index contributed by atoms with van der Waals surface area (Å²) in [4.78, 5) is 19.3. The zero-order chi connectivity index (χ0) is 15.9. The predicted molar refractivity (Wildman–Crippen MR) is 82.2 cm³/mol. The Morgan fingerprint density at radius 1 is 1.45 bits per heavy atom. The highest BCUT2D eigenvalue weighted by molar-refractivity contribution is 5.93. The van der Waals surface area contributed by atoms with E-state index in [1.807, 2.05) is 13.0 Å². The van der Waals surface area contributed by atoms with Crippen LogP contribution in [0.15, 0.2) is 30.5 Å². The van der Waals surface area contributed by atoms with E-state index in [1.165, 1.54) is 6.20 Å². The number of hydrogen-bond acceptors (Lipinski definition) is 6. The van der Waals surface area contributed by atoms with Crippen LogP contribution in [0.1, 0.15) is 29.3 Å². The first kappa shape index (κ1) is 15.3. The zero-order valence-corrected chi connectivity index (χ0v) is 12.0. The number of rotatable bonds is 6. The molecule has 0 amide bonds. The van der Waals surface area contributed by atoms with Crippen LogP contribution in [0.5, 0.6) is 0 Å². The van der Waals surface area contributed by atoms with Crippen LogP contribution in [0, 0.1) is 11.3 Å². The minimum Gasteiger partial charge on any atom is -0.477 e. The van der Waals surface area contributed by atoms with Crippen molar-refractivity contribution in [1.29, 1.82) is 5.26 Å². The molecular formula is C15H15N5O2. The van der Waals surface area contributed by atoms with E-state index in [0.717, 1.165) is 6.42 Å². The Morgan fingerprint density at radius 2 is 2.27 bits per heavy atom. The molecule has 0 radical (unpaired) electrons. The van der Waals surface area contributed by atoms with Crippen molar-refractivity contribution in [2.75, 3.05) is 17.2 Å². The van der Waals surface area contributed by atoms with Crippen LogP contribution in [-0.2, 0) is 0 Å². The van der Waals surface area contributed by atoms with Crippen molar-refractivity contribution in [2.24, 2.45) is 0 Å². The Bertz CT molecular complexity index is 724. The highest BCUT2D eigenvalue weighted by Crippen LogP contribution is 2.18. The molecule has 0 spiro atoms. The lowest BCUT2D eigenvalue weighted by molar-refractivity contribution is 0.0697. The van der Waals surface area contributed by atoms with Gasteiger partial charge < -0.3 is 15.7 Å². The molecule has 0 atom stereocenters. The van der Waals surface area contributed by atoms with Crippen molar-refractivity contribution in [3.8, 4) is 6.07 Å². The van der Waals surface area contributed by atoms with E-state index in [9.17, 15) is 4.79 Å². The van der Waals surface area contributed by atoms with Crippen LogP contribution in [0.2, 0.25) is 0 Å². The summed E-state index contributed by atoms with van der Waals surface area (Å²) < 4.78 is 0.